The van der Waals surface area contributed by atoms with Crippen molar-refractivity contribution in [2.24, 2.45) is 0 Å². The van der Waals surface area contributed by atoms with Crippen molar-refractivity contribution < 1.29 is 4.74 Å². The van der Waals surface area contributed by atoms with Crippen molar-refractivity contribution in [1.82, 2.24) is 4.98 Å². The molecule has 3 rings (SSSR count). The number of benzene rings is 2. The predicted octanol–water partition coefficient (Wildman–Crippen LogP) is 5.00. The number of nitrogen functional groups attached to an aromatic ring is 1. The lowest BCUT2D eigenvalue weighted by atomic mass is 9.88. The lowest BCUT2D eigenvalue weighted by Gasteiger charge is -2.18. The minimum Gasteiger partial charge on any atom is -0.497 e. The van der Waals surface area contributed by atoms with Crippen LogP contribution in [0.2, 0.25) is 0 Å². The molecule has 0 saturated heterocycles. The van der Waals surface area contributed by atoms with Crippen molar-refractivity contribution >= 4 is 5.82 Å². The molecule has 0 amide bonds. The van der Waals surface area contributed by atoms with E-state index in [1.807, 2.05) is 24.3 Å². The number of hydrogen-bond donors (Lipinski definition) is 1. The summed E-state index contributed by atoms with van der Waals surface area (Å²) in [5.41, 5.74) is 10.9. The third-order valence-corrected chi connectivity index (χ3v) is 4.64. The summed E-state index contributed by atoms with van der Waals surface area (Å²) in [4.78, 5) is 4.59. The Morgan fingerprint density at radius 3 is 2.38 bits per heavy atom. The summed E-state index contributed by atoms with van der Waals surface area (Å²) >= 11 is 0. The van der Waals surface area contributed by atoms with Gasteiger partial charge in [0.05, 0.1) is 12.8 Å². The molecule has 26 heavy (non-hydrogen) atoms. The highest BCUT2D eigenvalue weighted by Crippen LogP contribution is 2.29. The molecule has 1 atom stereocenters. The van der Waals surface area contributed by atoms with Crippen LogP contribution in [0.1, 0.15) is 41.6 Å². The quantitative estimate of drug-likeness (QED) is 0.655. The summed E-state index contributed by atoms with van der Waals surface area (Å²) in [5, 5.41) is 0. The number of aromatic nitrogens is 1. The van der Waals surface area contributed by atoms with Gasteiger partial charge in [-0.25, -0.2) is 4.98 Å². The fraction of sp³-hybridized carbons (Fsp3) is 0.261. The minimum absolute atomic E-state index is 0.154. The zero-order valence-electron chi connectivity index (χ0n) is 15.5. The molecule has 0 bridgehead atoms. The molecule has 3 heteroatoms. The van der Waals surface area contributed by atoms with Gasteiger partial charge in [-0.1, -0.05) is 55.8 Å². The average Bonchev–Trinajstić information content (AvgIpc) is 2.67. The van der Waals surface area contributed by atoms with Gasteiger partial charge in [0.1, 0.15) is 11.6 Å². The Balaban J connectivity index is 1.95. The molecule has 0 fully saturated rings. The predicted molar refractivity (Wildman–Crippen MR) is 108 cm³/mol. The van der Waals surface area contributed by atoms with Crippen LogP contribution in [0.5, 0.6) is 5.75 Å². The number of nitrogens with two attached hydrogens (primary N) is 1. The van der Waals surface area contributed by atoms with Crippen molar-refractivity contribution in [2.45, 2.75) is 32.1 Å². The number of pyridine rings is 1. The lowest BCUT2D eigenvalue weighted by molar-refractivity contribution is 0.414. The second kappa shape index (κ2) is 8.52. The van der Waals surface area contributed by atoms with E-state index in [1.54, 1.807) is 7.11 Å². The van der Waals surface area contributed by atoms with E-state index in [9.17, 15) is 0 Å². The lowest BCUT2D eigenvalue weighted by Crippen LogP contribution is -2.08. The van der Waals surface area contributed by atoms with Gasteiger partial charge in [0.15, 0.2) is 0 Å². The fourth-order valence-electron chi connectivity index (χ4n) is 3.33. The van der Waals surface area contributed by atoms with E-state index < -0.39 is 0 Å². The van der Waals surface area contributed by atoms with Crippen molar-refractivity contribution in [3.8, 4) is 5.75 Å². The third kappa shape index (κ3) is 4.42. The van der Waals surface area contributed by atoms with Crippen LogP contribution in [0.15, 0.2) is 66.7 Å². The van der Waals surface area contributed by atoms with Gasteiger partial charge in [0.2, 0.25) is 0 Å². The van der Waals surface area contributed by atoms with Crippen LogP contribution in [0.4, 0.5) is 5.82 Å². The minimum atomic E-state index is 0.154. The second-order valence-electron chi connectivity index (χ2n) is 6.59. The van der Waals surface area contributed by atoms with E-state index in [0.29, 0.717) is 5.82 Å². The Morgan fingerprint density at radius 1 is 0.962 bits per heavy atom. The number of ether oxygens (including phenoxy) is 1. The van der Waals surface area contributed by atoms with E-state index in [-0.39, 0.29) is 5.92 Å². The number of aryl methyl sites for hydroxylation is 1. The van der Waals surface area contributed by atoms with Crippen LogP contribution >= 0.6 is 0 Å². The van der Waals surface area contributed by atoms with E-state index in [0.717, 1.165) is 30.7 Å². The molecule has 0 saturated carbocycles. The summed E-state index contributed by atoms with van der Waals surface area (Å²) in [6.07, 6.45) is 3.15. The highest BCUT2D eigenvalue weighted by atomic mass is 16.5. The Labute approximate surface area is 155 Å². The fourth-order valence-corrected chi connectivity index (χ4v) is 3.33. The zero-order valence-corrected chi connectivity index (χ0v) is 15.5. The molecule has 0 aliphatic heterocycles. The van der Waals surface area contributed by atoms with Gasteiger partial charge in [0, 0.05) is 5.92 Å². The summed E-state index contributed by atoms with van der Waals surface area (Å²) in [7, 11) is 1.69. The average molecular weight is 346 g/mol. The first-order valence-corrected chi connectivity index (χ1v) is 9.13. The first-order valence-electron chi connectivity index (χ1n) is 9.13. The molecule has 1 heterocycles. The third-order valence-electron chi connectivity index (χ3n) is 4.64. The summed E-state index contributed by atoms with van der Waals surface area (Å²) in [6, 6.07) is 23.0. The van der Waals surface area contributed by atoms with Crippen LogP contribution in [0.25, 0.3) is 0 Å². The van der Waals surface area contributed by atoms with Crippen LogP contribution in [0, 0.1) is 0 Å². The number of rotatable bonds is 7. The normalized spacial score (nSPS) is 11.9. The maximum Gasteiger partial charge on any atom is 0.123 e. The first-order chi connectivity index (χ1) is 12.7. The summed E-state index contributed by atoms with van der Waals surface area (Å²) in [6.45, 7) is 2.21. The van der Waals surface area contributed by atoms with Crippen molar-refractivity contribution in [1.29, 1.82) is 0 Å². The standard InChI is InChI=1S/C23H26N2O/c1-3-6-17-7-4-8-18(15-17)16-21(22-9-5-10-23(24)25-22)19-11-13-20(26-2)14-12-19/h4-5,7-15,21H,3,6,16H2,1-2H3,(H2,24,25). The molecule has 1 unspecified atom stereocenters. The number of nitrogens with zero attached hydrogens (tertiary/aromatic N) is 1. The van der Waals surface area contributed by atoms with Gasteiger partial charge in [-0.15, -0.1) is 0 Å². The van der Waals surface area contributed by atoms with Crippen LogP contribution in [-0.2, 0) is 12.8 Å². The van der Waals surface area contributed by atoms with E-state index in [1.165, 1.54) is 16.7 Å². The molecule has 1 aromatic heterocycles. The van der Waals surface area contributed by atoms with Crippen LogP contribution in [-0.4, -0.2) is 12.1 Å². The molecule has 0 aliphatic carbocycles. The monoisotopic (exact) mass is 346 g/mol. The van der Waals surface area contributed by atoms with Crippen LogP contribution < -0.4 is 10.5 Å². The van der Waals surface area contributed by atoms with Gasteiger partial charge < -0.3 is 10.5 Å². The molecular weight excluding hydrogens is 320 g/mol. The number of anilines is 1. The Morgan fingerprint density at radius 2 is 1.69 bits per heavy atom. The van der Waals surface area contributed by atoms with E-state index in [4.69, 9.17) is 10.5 Å². The molecular formula is C23H26N2O. The molecule has 2 aromatic carbocycles. The molecule has 3 aromatic rings. The molecule has 0 spiro atoms. The van der Waals surface area contributed by atoms with Gasteiger partial charge in [-0.2, -0.15) is 0 Å². The maximum atomic E-state index is 5.95. The summed E-state index contributed by atoms with van der Waals surface area (Å²) < 4.78 is 5.30. The second-order valence-corrected chi connectivity index (χ2v) is 6.59. The zero-order chi connectivity index (χ0) is 18.4. The highest BCUT2D eigenvalue weighted by Gasteiger charge is 2.17. The Hall–Kier alpha value is -2.81. The molecule has 0 aliphatic rings. The largest absolute Gasteiger partial charge is 0.497 e. The number of methoxy groups -OCH3 is 1. The van der Waals surface area contributed by atoms with Gasteiger partial charge in [-0.3, -0.25) is 0 Å². The molecule has 2 N–H and O–H groups in total. The number of hydrogen-bond acceptors (Lipinski definition) is 3. The van der Waals surface area contributed by atoms with Gasteiger partial charge in [-0.05, 0) is 53.8 Å². The summed E-state index contributed by atoms with van der Waals surface area (Å²) in [5.74, 6) is 1.57. The smallest absolute Gasteiger partial charge is 0.123 e. The maximum absolute atomic E-state index is 5.95. The van der Waals surface area contributed by atoms with Gasteiger partial charge in [0.25, 0.3) is 0 Å². The molecule has 0 radical (unpaired) electrons. The SMILES string of the molecule is CCCc1cccc(CC(c2ccc(OC)cc2)c2cccc(N)n2)c1. The van der Waals surface area contributed by atoms with E-state index in [2.05, 4.69) is 54.4 Å². The Kier molecular flexibility index (Phi) is 5.90. The molecule has 3 nitrogen and oxygen atoms in total. The van der Waals surface area contributed by atoms with Crippen molar-refractivity contribution in [2.75, 3.05) is 12.8 Å². The van der Waals surface area contributed by atoms with Crippen LogP contribution in [0.3, 0.4) is 0 Å². The van der Waals surface area contributed by atoms with E-state index >= 15 is 0 Å². The molecule has 134 valence electrons. The van der Waals surface area contributed by atoms with Gasteiger partial charge >= 0.3 is 0 Å². The Bertz CT molecular complexity index is 843. The topological polar surface area (TPSA) is 48.1 Å². The van der Waals surface area contributed by atoms with Crippen molar-refractivity contribution in [3.63, 3.8) is 0 Å². The van der Waals surface area contributed by atoms with Crippen molar-refractivity contribution in [3.05, 3.63) is 89.1 Å². The first kappa shape index (κ1) is 18.0. The highest BCUT2D eigenvalue weighted by molar-refractivity contribution is 5.39.